The zero-order valence-electron chi connectivity index (χ0n) is 31.7. The second-order valence-corrected chi connectivity index (χ2v) is 17.6. The first-order valence-electron chi connectivity index (χ1n) is 18.3. The van der Waals surface area contributed by atoms with E-state index in [-0.39, 0.29) is 24.9 Å². The van der Waals surface area contributed by atoms with E-state index in [0.29, 0.717) is 40.5 Å². The van der Waals surface area contributed by atoms with E-state index in [1.807, 2.05) is 73.0 Å². The first-order chi connectivity index (χ1) is 24.9. The number of aryl methyl sites for hydroxylation is 2. The molecule has 286 valence electrons. The molecule has 16 heteroatoms. The first-order valence-corrected chi connectivity index (χ1v) is 19.2. The number of ether oxygens (including phenoxy) is 1. The topological polar surface area (TPSA) is 190 Å². The highest BCUT2D eigenvalue weighted by molar-refractivity contribution is 7.17. The molecule has 6 rings (SSSR count). The number of likely N-dealkylation sites (tertiary alicyclic amines) is 1. The molecule has 15 nitrogen and oxygen atoms in total. The van der Waals surface area contributed by atoms with E-state index in [0.717, 1.165) is 25.0 Å². The average Bonchev–Trinajstić information content (AvgIpc) is 3.38. The van der Waals surface area contributed by atoms with Crippen molar-refractivity contribution in [2.45, 2.75) is 123 Å². The van der Waals surface area contributed by atoms with Crippen LogP contribution in [0.3, 0.4) is 0 Å². The van der Waals surface area contributed by atoms with Gasteiger partial charge in [-0.3, -0.25) is 23.9 Å². The predicted molar refractivity (Wildman–Crippen MR) is 199 cm³/mol. The summed E-state index contributed by atoms with van der Waals surface area (Å²) >= 11 is 1.42. The van der Waals surface area contributed by atoms with Gasteiger partial charge in [-0.05, 0) is 82.2 Å². The molecule has 3 aliphatic rings. The van der Waals surface area contributed by atoms with E-state index in [4.69, 9.17) is 14.7 Å². The fourth-order valence-electron chi connectivity index (χ4n) is 6.75. The van der Waals surface area contributed by atoms with Crippen molar-refractivity contribution < 1.29 is 28.7 Å². The van der Waals surface area contributed by atoms with Gasteiger partial charge in [-0.25, -0.2) is 9.78 Å². The van der Waals surface area contributed by atoms with Crippen LogP contribution >= 0.6 is 11.3 Å². The standard InChI is InChI=1S/C37H51N9O6S/c1-19-16-24(45(8)44-19)30-39-23-14-15-53-28(23)33(42-30)52-22-17-25(31(48)40-26(20-10-9-11-20)27(47)32(49)38-21-12-13-21)46(18-22)34(50)29(36(2,3)4)41-35(51)43-37(5,6)7/h14-16,20-22,25-26,29H,9-13,17-18H2,1-8H3,(H,38,49)(H,40,48)(H2,41,43,51)/t22-,25+,26+,29-/m1/s1. The Balaban J connectivity index is 1.31. The molecule has 0 aromatic carbocycles. The Hall–Kier alpha value is -4.60. The van der Waals surface area contributed by atoms with Gasteiger partial charge < -0.3 is 30.9 Å². The molecule has 3 fully saturated rings. The van der Waals surface area contributed by atoms with Gasteiger partial charge in [0.25, 0.3) is 5.91 Å². The summed E-state index contributed by atoms with van der Waals surface area (Å²) in [5.41, 5.74) is 0.883. The minimum Gasteiger partial charge on any atom is -0.471 e. The van der Waals surface area contributed by atoms with Crippen molar-refractivity contribution in [3.63, 3.8) is 0 Å². The summed E-state index contributed by atoms with van der Waals surface area (Å²) in [6, 6.07) is 0.131. The summed E-state index contributed by atoms with van der Waals surface area (Å²) in [4.78, 5) is 79.3. The van der Waals surface area contributed by atoms with Crippen molar-refractivity contribution in [1.29, 1.82) is 0 Å². The Morgan fingerprint density at radius 3 is 2.30 bits per heavy atom. The Morgan fingerprint density at radius 2 is 1.72 bits per heavy atom. The number of nitrogens with one attached hydrogen (secondary N) is 4. The van der Waals surface area contributed by atoms with Crippen LogP contribution in [0.15, 0.2) is 17.5 Å². The number of aromatic nitrogens is 4. The van der Waals surface area contributed by atoms with Crippen LogP contribution in [0, 0.1) is 18.3 Å². The van der Waals surface area contributed by atoms with E-state index < -0.39 is 64.7 Å². The molecular weight excluding hydrogens is 699 g/mol. The lowest BCUT2D eigenvalue weighted by Crippen LogP contribution is -2.61. The number of carbonyl (C=O) groups is 5. The van der Waals surface area contributed by atoms with E-state index in [9.17, 15) is 24.0 Å². The minimum absolute atomic E-state index is 0.00724. The summed E-state index contributed by atoms with van der Waals surface area (Å²) in [6.07, 6.45) is 3.34. The van der Waals surface area contributed by atoms with Crippen LogP contribution in [0.5, 0.6) is 5.88 Å². The van der Waals surface area contributed by atoms with Gasteiger partial charge in [-0.15, -0.1) is 11.3 Å². The molecule has 4 heterocycles. The Kier molecular flexibility index (Phi) is 10.6. The summed E-state index contributed by atoms with van der Waals surface area (Å²) in [7, 11) is 1.81. The minimum atomic E-state index is -1.06. The lowest BCUT2D eigenvalue weighted by molar-refractivity contribution is -0.144. The second kappa shape index (κ2) is 14.7. The van der Waals surface area contributed by atoms with E-state index in [1.54, 1.807) is 4.68 Å². The number of nitrogens with zero attached hydrogens (tertiary/aromatic N) is 5. The highest BCUT2D eigenvalue weighted by Gasteiger charge is 2.48. The number of Topliss-reactive ketones (excluding diaryl/α,β-unsaturated/α-hetero) is 1. The number of thiophene rings is 1. The van der Waals surface area contributed by atoms with Gasteiger partial charge >= 0.3 is 6.03 Å². The molecule has 0 spiro atoms. The highest BCUT2D eigenvalue weighted by atomic mass is 32.1. The van der Waals surface area contributed by atoms with Crippen molar-refractivity contribution in [2.24, 2.45) is 18.4 Å². The molecule has 5 amide bonds. The lowest BCUT2D eigenvalue weighted by Gasteiger charge is -2.37. The van der Waals surface area contributed by atoms with Crippen LogP contribution in [-0.2, 0) is 26.2 Å². The normalized spacial score (nSPS) is 20.3. The molecular formula is C37H51N9O6S. The Labute approximate surface area is 313 Å². The SMILES string of the molecule is Cc1cc(-c2nc(O[C@@H]3C[C@@H](C(=O)N[C@H](C(=O)C(=O)NC4CC4)C4CCC4)N(C(=O)[C@@H](NC(=O)NC(C)(C)C)C(C)(C)C)C3)c3sccc3n2)n(C)n1. The van der Waals surface area contributed by atoms with Crippen LogP contribution in [0.1, 0.15) is 85.8 Å². The summed E-state index contributed by atoms with van der Waals surface area (Å²) in [5, 5.41) is 17.7. The molecule has 3 aromatic rings. The number of fused-ring (bicyclic) bond motifs is 1. The Morgan fingerprint density at radius 1 is 1.00 bits per heavy atom. The smallest absolute Gasteiger partial charge is 0.315 e. The van der Waals surface area contributed by atoms with Gasteiger partial charge in [0.15, 0.2) is 5.82 Å². The monoisotopic (exact) mass is 749 g/mol. The fraction of sp³-hybridized carbons (Fsp3) is 0.622. The van der Waals surface area contributed by atoms with Gasteiger partial charge in [-0.1, -0.05) is 27.2 Å². The predicted octanol–water partition coefficient (Wildman–Crippen LogP) is 3.39. The average molecular weight is 750 g/mol. The number of rotatable bonds is 11. The van der Waals surface area contributed by atoms with Crippen LogP contribution in [0.2, 0.25) is 0 Å². The van der Waals surface area contributed by atoms with E-state index >= 15 is 0 Å². The summed E-state index contributed by atoms with van der Waals surface area (Å²) in [6.45, 7) is 12.9. The van der Waals surface area contributed by atoms with Crippen LogP contribution < -0.4 is 26.0 Å². The van der Waals surface area contributed by atoms with Crippen LogP contribution in [-0.4, -0.2) is 96.5 Å². The molecule has 3 aromatic heterocycles. The molecule has 1 saturated heterocycles. The van der Waals surface area contributed by atoms with Gasteiger partial charge in [0, 0.05) is 25.0 Å². The molecule has 53 heavy (non-hydrogen) atoms. The van der Waals surface area contributed by atoms with Crippen molar-refractivity contribution in [2.75, 3.05) is 6.54 Å². The summed E-state index contributed by atoms with van der Waals surface area (Å²) in [5.74, 6) is -1.85. The number of amides is 5. The first kappa shape index (κ1) is 38.1. The largest absolute Gasteiger partial charge is 0.471 e. The van der Waals surface area contributed by atoms with Crippen molar-refractivity contribution in [1.82, 2.24) is 45.9 Å². The van der Waals surface area contributed by atoms with Crippen molar-refractivity contribution >= 4 is 51.1 Å². The third kappa shape index (κ3) is 8.79. The number of ketones is 1. The second-order valence-electron chi connectivity index (χ2n) is 16.7. The molecule has 0 radical (unpaired) electrons. The van der Waals surface area contributed by atoms with Crippen molar-refractivity contribution in [3.05, 3.63) is 23.2 Å². The maximum absolute atomic E-state index is 14.6. The molecule has 4 N–H and O–H groups in total. The van der Waals surface area contributed by atoms with Gasteiger partial charge in [0.2, 0.25) is 23.5 Å². The quantitative estimate of drug-likeness (QED) is 0.213. The number of carbonyl (C=O) groups excluding carboxylic acids is 5. The molecule has 2 saturated carbocycles. The maximum atomic E-state index is 14.6. The van der Waals surface area contributed by atoms with Crippen LogP contribution in [0.4, 0.5) is 4.79 Å². The highest BCUT2D eigenvalue weighted by Crippen LogP contribution is 2.35. The van der Waals surface area contributed by atoms with Gasteiger partial charge in [-0.2, -0.15) is 10.1 Å². The number of hydrogen-bond donors (Lipinski definition) is 4. The van der Waals surface area contributed by atoms with Gasteiger partial charge in [0.05, 0.1) is 17.8 Å². The molecule has 0 bridgehead atoms. The Bertz CT molecular complexity index is 1900. The fourth-order valence-corrected chi connectivity index (χ4v) is 7.51. The van der Waals surface area contributed by atoms with Gasteiger partial charge in [0.1, 0.15) is 34.6 Å². The molecule has 1 aliphatic heterocycles. The van der Waals surface area contributed by atoms with E-state index in [1.165, 1.54) is 16.2 Å². The summed E-state index contributed by atoms with van der Waals surface area (Å²) < 4.78 is 8.98. The zero-order chi connectivity index (χ0) is 38.4. The number of urea groups is 1. The third-order valence-electron chi connectivity index (χ3n) is 9.85. The zero-order valence-corrected chi connectivity index (χ0v) is 32.6. The molecule has 4 atom stereocenters. The molecule has 0 unspecified atom stereocenters. The molecule has 2 aliphatic carbocycles. The van der Waals surface area contributed by atoms with Crippen LogP contribution in [0.25, 0.3) is 21.7 Å². The maximum Gasteiger partial charge on any atom is 0.315 e. The number of hydrogen-bond acceptors (Lipinski definition) is 10. The lowest BCUT2D eigenvalue weighted by atomic mass is 9.78. The van der Waals surface area contributed by atoms with Crippen molar-refractivity contribution in [3.8, 4) is 17.4 Å². The third-order valence-corrected chi connectivity index (χ3v) is 10.7. The van der Waals surface area contributed by atoms with E-state index in [2.05, 4.69) is 26.4 Å².